The van der Waals surface area contributed by atoms with Crippen LogP contribution in [0.4, 0.5) is 0 Å². The number of likely N-dealkylation sites (N-methyl/N-ethyl adjacent to an activating group) is 1. The fourth-order valence-corrected chi connectivity index (χ4v) is 3.82. The molecule has 2 unspecified atom stereocenters. The van der Waals surface area contributed by atoms with Crippen molar-refractivity contribution < 1.29 is 0 Å². The summed E-state index contributed by atoms with van der Waals surface area (Å²) in [5.74, 6) is 0.269. The molecule has 1 aliphatic heterocycles. The Morgan fingerprint density at radius 2 is 1.92 bits per heavy atom. The minimum absolute atomic E-state index is 0.112. The van der Waals surface area contributed by atoms with E-state index in [1.807, 2.05) is 18.2 Å². The van der Waals surface area contributed by atoms with Crippen LogP contribution in [0.1, 0.15) is 60.5 Å². The highest BCUT2D eigenvalue weighted by Gasteiger charge is 2.32. The molecule has 130 valence electrons. The summed E-state index contributed by atoms with van der Waals surface area (Å²) in [6, 6.07) is 17.3. The molecule has 0 radical (unpaired) electrons. The molecule has 0 saturated carbocycles. The number of hydrogen-bond donors (Lipinski definition) is 1. The van der Waals surface area contributed by atoms with Gasteiger partial charge in [0.25, 0.3) is 0 Å². The standard InChI is InChI=1S/C22H27N3/c1-22(2,3)17-8-9-18-19(11-17)21(13-24)25(4)14-20(18)16-7-5-6-15(10-16)12-23/h5-11,20-21H,13-14,24H2,1-4H3. The van der Waals surface area contributed by atoms with Crippen LogP contribution in [0, 0.1) is 11.3 Å². The van der Waals surface area contributed by atoms with E-state index in [2.05, 4.69) is 63.1 Å². The molecule has 1 aliphatic rings. The molecule has 0 aliphatic carbocycles. The van der Waals surface area contributed by atoms with Crippen molar-refractivity contribution in [2.24, 2.45) is 5.73 Å². The maximum atomic E-state index is 9.24. The van der Waals surface area contributed by atoms with E-state index in [-0.39, 0.29) is 17.4 Å². The molecule has 0 saturated heterocycles. The monoisotopic (exact) mass is 333 g/mol. The van der Waals surface area contributed by atoms with Gasteiger partial charge >= 0.3 is 0 Å². The Kier molecular flexibility index (Phi) is 4.69. The molecule has 2 aromatic rings. The van der Waals surface area contributed by atoms with Crippen LogP contribution in [0.3, 0.4) is 0 Å². The predicted molar refractivity (Wildman–Crippen MR) is 103 cm³/mol. The lowest BCUT2D eigenvalue weighted by Crippen LogP contribution is -2.39. The molecular formula is C22H27N3. The van der Waals surface area contributed by atoms with Crippen molar-refractivity contribution in [3.05, 3.63) is 70.3 Å². The maximum absolute atomic E-state index is 9.24. The number of rotatable bonds is 2. The van der Waals surface area contributed by atoms with E-state index in [4.69, 9.17) is 5.73 Å². The molecule has 0 bridgehead atoms. The van der Waals surface area contributed by atoms with Gasteiger partial charge in [0.2, 0.25) is 0 Å². The Labute approximate surface area is 151 Å². The van der Waals surface area contributed by atoms with Crippen molar-refractivity contribution in [2.75, 3.05) is 20.1 Å². The zero-order chi connectivity index (χ0) is 18.2. The molecule has 2 atom stereocenters. The Balaban J connectivity index is 2.14. The van der Waals surface area contributed by atoms with Gasteiger partial charge in [-0.15, -0.1) is 0 Å². The summed E-state index contributed by atoms with van der Waals surface area (Å²) in [4.78, 5) is 2.35. The van der Waals surface area contributed by atoms with Gasteiger partial charge in [0, 0.05) is 25.0 Å². The zero-order valence-corrected chi connectivity index (χ0v) is 15.6. The van der Waals surface area contributed by atoms with Crippen LogP contribution in [-0.4, -0.2) is 25.0 Å². The first kappa shape index (κ1) is 17.7. The molecule has 2 aromatic carbocycles. The zero-order valence-electron chi connectivity index (χ0n) is 15.6. The smallest absolute Gasteiger partial charge is 0.0991 e. The topological polar surface area (TPSA) is 53.0 Å². The molecule has 1 heterocycles. The van der Waals surface area contributed by atoms with Crippen molar-refractivity contribution in [1.29, 1.82) is 5.26 Å². The van der Waals surface area contributed by atoms with Gasteiger partial charge in [-0.05, 0) is 46.8 Å². The number of hydrogen-bond acceptors (Lipinski definition) is 3. The SMILES string of the molecule is CN1CC(c2cccc(C#N)c2)c2ccc(C(C)(C)C)cc2C1CN. The van der Waals surface area contributed by atoms with Gasteiger partial charge in [0.15, 0.2) is 0 Å². The molecule has 0 amide bonds. The maximum Gasteiger partial charge on any atom is 0.0991 e. The van der Waals surface area contributed by atoms with Gasteiger partial charge in [-0.2, -0.15) is 5.26 Å². The largest absolute Gasteiger partial charge is 0.329 e. The lowest BCUT2D eigenvalue weighted by Gasteiger charge is -2.40. The van der Waals surface area contributed by atoms with Crippen molar-refractivity contribution in [3.63, 3.8) is 0 Å². The molecular weight excluding hydrogens is 306 g/mol. The van der Waals surface area contributed by atoms with E-state index in [1.165, 1.54) is 22.3 Å². The van der Waals surface area contributed by atoms with Crippen LogP contribution in [0.25, 0.3) is 0 Å². The van der Waals surface area contributed by atoms with Crippen LogP contribution < -0.4 is 5.73 Å². The number of nitrogens with two attached hydrogens (primary N) is 1. The van der Waals surface area contributed by atoms with Gasteiger partial charge < -0.3 is 5.73 Å². The summed E-state index contributed by atoms with van der Waals surface area (Å²) < 4.78 is 0. The first-order valence-electron chi connectivity index (χ1n) is 8.90. The van der Waals surface area contributed by atoms with E-state index in [0.717, 1.165) is 6.54 Å². The molecule has 3 rings (SSSR count). The Morgan fingerprint density at radius 3 is 2.56 bits per heavy atom. The molecule has 25 heavy (non-hydrogen) atoms. The highest BCUT2D eigenvalue weighted by atomic mass is 15.1. The first-order valence-corrected chi connectivity index (χ1v) is 8.90. The molecule has 3 nitrogen and oxygen atoms in total. The number of benzene rings is 2. The Bertz CT molecular complexity index is 811. The highest BCUT2D eigenvalue weighted by molar-refractivity contribution is 5.47. The third kappa shape index (κ3) is 3.33. The van der Waals surface area contributed by atoms with E-state index in [1.54, 1.807) is 0 Å². The minimum Gasteiger partial charge on any atom is -0.329 e. The molecule has 2 N–H and O–H groups in total. The van der Waals surface area contributed by atoms with Gasteiger partial charge in [-0.1, -0.05) is 51.1 Å². The highest BCUT2D eigenvalue weighted by Crippen LogP contribution is 2.40. The second-order valence-electron chi connectivity index (χ2n) is 8.07. The summed E-state index contributed by atoms with van der Waals surface area (Å²) in [5.41, 5.74) is 12.2. The van der Waals surface area contributed by atoms with Gasteiger partial charge in [-0.25, -0.2) is 0 Å². The van der Waals surface area contributed by atoms with Crippen LogP contribution in [0.15, 0.2) is 42.5 Å². The Morgan fingerprint density at radius 1 is 1.16 bits per heavy atom. The van der Waals surface area contributed by atoms with Gasteiger partial charge in [0.05, 0.1) is 11.6 Å². The van der Waals surface area contributed by atoms with Crippen LogP contribution in [0.5, 0.6) is 0 Å². The average molecular weight is 333 g/mol. The summed E-state index contributed by atoms with van der Waals surface area (Å²) in [6.45, 7) is 8.26. The summed E-state index contributed by atoms with van der Waals surface area (Å²) in [7, 11) is 2.14. The third-order valence-electron chi connectivity index (χ3n) is 5.33. The first-order chi connectivity index (χ1) is 11.8. The fraction of sp³-hybridized carbons (Fsp3) is 0.409. The van der Waals surface area contributed by atoms with E-state index in [0.29, 0.717) is 12.1 Å². The lowest BCUT2D eigenvalue weighted by molar-refractivity contribution is 0.223. The molecule has 0 fully saturated rings. The van der Waals surface area contributed by atoms with E-state index >= 15 is 0 Å². The average Bonchev–Trinajstić information content (AvgIpc) is 2.60. The minimum atomic E-state index is 0.112. The van der Waals surface area contributed by atoms with Gasteiger partial charge in [-0.3, -0.25) is 4.90 Å². The molecule has 0 aromatic heterocycles. The van der Waals surface area contributed by atoms with Crippen LogP contribution >= 0.6 is 0 Å². The van der Waals surface area contributed by atoms with E-state index in [9.17, 15) is 5.26 Å². The number of fused-ring (bicyclic) bond motifs is 1. The van der Waals surface area contributed by atoms with Crippen molar-refractivity contribution in [2.45, 2.75) is 38.1 Å². The molecule has 3 heteroatoms. The predicted octanol–water partition coefficient (Wildman–Crippen LogP) is 3.93. The number of nitrogens with zero attached hydrogens (tertiary/aromatic N) is 2. The lowest BCUT2D eigenvalue weighted by atomic mass is 9.77. The van der Waals surface area contributed by atoms with Crippen LogP contribution in [-0.2, 0) is 5.41 Å². The summed E-state index contributed by atoms with van der Waals surface area (Å²) >= 11 is 0. The van der Waals surface area contributed by atoms with Gasteiger partial charge in [0.1, 0.15) is 0 Å². The second-order valence-corrected chi connectivity index (χ2v) is 8.07. The van der Waals surface area contributed by atoms with Crippen molar-refractivity contribution >= 4 is 0 Å². The van der Waals surface area contributed by atoms with Crippen molar-refractivity contribution in [3.8, 4) is 6.07 Å². The third-order valence-corrected chi connectivity index (χ3v) is 5.33. The van der Waals surface area contributed by atoms with E-state index < -0.39 is 0 Å². The Hall–Kier alpha value is -2.15. The molecule has 0 spiro atoms. The normalized spacial score (nSPS) is 20.8. The summed E-state index contributed by atoms with van der Waals surface area (Å²) in [6.07, 6.45) is 0. The summed E-state index contributed by atoms with van der Waals surface area (Å²) in [5, 5.41) is 9.24. The number of nitriles is 1. The van der Waals surface area contributed by atoms with Crippen molar-refractivity contribution in [1.82, 2.24) is 4.90 Å². The second kappa shape index (κ2) is 6.63. The quantitative estimate of drug-likeness (QED) is 0.906. The fourth-order valence-electron chi connectivity index (χ4n) is 3.82. The van der Waals surface area contributed by atoms with Crippen LogP contribution in [0.2, 0.25) is 0 Å².